The summed E-state index contributed by atoms with van der Waals surface area (Å²) in [6.45, 7) is 6.28. The van der Waals surface area contributed by atoms with E-state index in [0.29, 0.717) is 25.6 Å². The highest BCUT2D eigenvalue weighted by molar-refractivity contribution is 5.92. The molecule has 0 unspecified atom stereocenters. The number of hydrogen-bond donors (Lipinski definition) is 1. The Hall–Kier alpha value is -2.26. The second-order valence-electron chi connectivity index (χ2n) is 8.43. The molecule has 1 aromatic rings. The SMILES string of the molecule is CCOC(=O)[C@@]12CC[C@@H](N3CCOCC3)C[C@H]1CCN(C(=O)c1ncc[nH]c1=O)C2. The molecule has 1 N–H and O–H groups in total. The third kappa shape index (κ3) is 3.88. The van der Waals surface area contributed by atoms with Crippen LogP contribution in [0.1, 0.15) is 43.1 Å². The Labute approximate surface area is 175 Å². The number of carbonyl (C=O) groups excluding carboxylic acids is 2. The van der Waals surface area contributed by atoms with E-state index >= 15 is 0 Å². The molecule has 4 rings (SSSR count). The zero-order valence-electron chi connectivity index (χ0n) is 17.5. The monoisotopic (exact) mass is 418 g/mol. The fraction of sp³-hybridized carbons (Fsp3) is 0.714. The summed E-state index contributed by atoms with van der Waals surface area (Å²) in [6, 6.07) is 0.433. The number of aromatic amines is 1. The van der Waals surface area contributed by atoms with Gasteiger partial charge in [-0.3, -0.25) is 19.3 Å². The van der Waals surface area contributed by atoms with Gasteiger partial charge in [0.15, 0.2) is 5.69 Å². The molecule has 2 aliphatic heterocycles. The highest BCUT2D eigenvalue weighted by atomic mass is 16.5. The number of morpholine rings is 1. The van der Waals surface area contributed by atoms with Crippen molar-refractivity contribution in [1.29, 1.82) is 0 Å². The summed E-state index contributed by atoms with van der Waals surface area (Å²) < 4.78 is 11.0. The van der Waals surface area contributed by atoms with Gasteiger partial charge in [-0.05, 0) is 38.5 Å². The van der Waals surface area contributed by atoms with Crippen LogP contribution in [0, 0.1) is 11.3 Å². The number of amides is 1. The number of likely N-dealkylation sites (tertiary alicyclic amines) is 1. The van der Waals surface area contributed by atoms with Crippen LogP contribution < -0.4 is 5.56 Å². The average molecular weight is 418 g/mol. The maximum atomic E-state index is 13.1. The van der Waals surface area contributed by atoms with E-state index in [4.69, 9.17) is 9.47 Å². The lowest BCUT2D eigenvalue weighted by atomic mass is 9.61. The summed E-state index contributed by atoms with van der Waals surface area (Å²) >= 11 is 0. The maximum Gasteiger partial charge on any atom is 0.314 e. The molecule has 1 saturated carbocycles. The van der Waals surface area contributed by atoms with E-state index in [2.05, 4.69) is 14.9 Å². The minimum Gasteiger partial charge on any atom is -0.466 e. The molecular formula is C21H30N4O5. The summed E-state index contributed by atoms with van der Waals surface area (Å²) in [7, 11) is 0. The Morgan fingerprint density at radius 3 is 2.83 bits per heavy atom. The fourth-order valence-corrected chi connectivity index (χ4v) is 5.34. The molecule has 1 aromatic heterocycles. The quantitative estimate of drug-likeness (QED) is 0.717. The third-order valence-electron chi connectivity index (χ3n) is 6.92. The highest BCUT2D eigenvalue weighted by Crippen LogP contribution is 2.48. The summed E-state index contributed by atoms with van der Waals surface area (Å²) in [5.41, 5.74) is -1.35. The first-order chi connectivity index (χ1) is 14.5. The third-order valence-corrected chi connectivity index (χ3v) is 6.92. The van der Waals surface area contributed by atoms with Gasteiger partial charge in [-0.25, -0.2) is 4.98 Å². The van der Waals surface area contributed by atoms with E-state index in [1.165, 1.54) is 12.4 Å². The molecule has 1 aliphatic carbocycles. The Morgan fingerprint density at radius 1 is 1.30 bits per heavy atom. The topological polar surface area (TPSA) is 105 Å². The minimum atomic E-state index is -0.714. The molecule has 0 spiro atoms. The van der Waals surface area contributed by atoms with E-state index in [1.54, 1.807) is 4.90 Å². The van der Waals surface area contributed by atoms with Gasteiger partial charge in [0.1, 0.15) is 0 Å². The fourth-order valence-electron chi connectivity index (χ4n) is 5.34. The normalized spacial score (nSPS) is 29.8. The Kier molecular flexibility index (Phi) is 6.19. The van der Waals surface area contributed by atoms with Crippen molar-refractivity contribution in [3.63, 3.8) is 0 Å². The number of carbonyl (C=O) groups is 2. The smallest absolute Gasteiger partial charge is 0.314 e. The zero-order chi connectivity index (χ0) is 21.1. The molecule has 3 fully saturated rings. The molecule has 0 aromatic carbocycles. The predicted octanol–water partition coefficient (Wildman–Crippen LogP) is 0.666. The van der Waals surface area contributed by atoms with Crippen LogP contribution in [0.2, 0.25) is 0 Å². The van der Waals surface area contributed by atoms with E-state index in [0.717, 1.165) is 45.6 Å². The lowest BCUT2D eigenvalue weighted by molar-refractivity contribution is -0.168. The van der Waals surface area contributed by atoms with Crippen molar-refractivity contribution in [2.45, 2.75) is 38.6 Å². The molecule has 2 saturated heterocycles. The van der Waals surface area contributed by atoms with Crippen molar-refractivity contribution in [2.24, 2.45) is 11.3 Å². The van der Waals surface area contributed by atoms with Crippen LogP contribution >= 0.6 is 0 Å². The molecule has 0 bridgehead atoms. The van der Waals surface area contributed by atoms with Crippen molar-refractivity contribution in [1.82, 2.24) is 19.8 Å². The van der Waals surface area contributed by atoms with Crippen molar-refractivity contribution in [2.75, 3.05) is 46.0 Å². The van der Waals surface area contributed by atoms with E-state index in [1.807, 2.05) is 6.92 Å². The average Bonchev–Trinajstić information content (AvgIpc) is 2.79. The highest BCUT2D eigenvalue weighted by Gasteiger charge is 2.54. The predicted molar refractivity (Wildman–Crippen MR) is 108 cm³/mol. The molecule has 3 aliphatic rings. The molecule has 3 atom stereocenters. The molecule has 9 nitrogen and oxygen atoms in total. The minimum absolute atomic E-state index is 0.128. The molecule has 9 heteroatoms. The van der Waals surface area contributed by atoms with Gasteiger partial charge in [0, 0.05) is 44.6 Å². The standard InChI is InChI=1S/C21H30N4O5/c1-2-30-20(28)21-5-3-16(24-9-11-29-12-10-24)13-15(21)4-8-25(14-21)19(27)17-18(26)23-7-6-22-17/h6-7,15-16H,2-5,8-14H2,1H3,(H,23,26)/t15-,16-,21-/m1/s1. The number of hydrogen-bond acceptors (Lipinski definition) is 7. The van der Waals surface area contributed by atoms with E-state index in [9.17, 15) is 14.4 Å². The van der Waals surface area contributed by atoms with Gasteiger partial charge >= 0.3 is 5.97 Å². The largest absolute Gasteiger partial charge is 0.466 e. The second kappa shape index (κ2) is 8.85. The zero-order valence-corrected chi connectivity index (χ0v) is 17.5. The summed E-state index contributed by atoms with van der Waals surface area (Å²) in [6.07, 6.45) is 6.01. The van der Waals surface area contributed by atoms with Crippen LogP contribution in [-0.2, 0) is 14.3 Å². The number of aromatic nitrogens is 2. The van der Waals surface area contributed by atoms with Gasteiger partial charge < -0.3 is 19.4 Å². The lowest BCUT2D eigenvalue weighted by Gasteiger charge is -2.52. The number of esters is 1. The van der Waals surface area contributed by atoms with Crippen LogP contribution in [0.5, 0.6) is 0 Å². The first-order valence-corrected chi connectivity index (χ1v) is 10.9. The van der Waals surface area contributed by atoms with Crippen LogP contribution in [0.15, 0.2) is 17.2 Å². The molecule has 0 radical (unpaired) electrons. The number of H-pyrrole nitrogens is 1. The molecule has 1 amide bonds. The van der Waals surface area contributed by atoms with Gasteiger partial charge in [-0.1, -0.05) is 0 Å². The first-order valence-electron chi connectivity index (χ1n) is 10.9. The molecule has 3 heterocycles. The van der Waals surface area contributed by atoms with Crippen LogP contribution in [-0.4, -0.2) is 83.7 Å². The Balaban J connectivity index is 1.55. The molecule has 164 valence electrons. The Morgan fingerprint density at radius 2 is 2.10 bits per heavy atom. The lowest BCUT2D eigenvalue weighted by Crippen LogP contribution is -2.60. The van der Waals surface area contributed by atoms with Gasteiger partial charge in [0.2, 0.25) is 0 Å². The maximum absolute atomic E-state index is 13.1. The van der Waals surface area contributed by atoms with Crippen molar-refractivity contribution in [3.8, 4) is 0 Å². The van der Waals surface area contributed by atoms with Gasteiger partial charge in [0.25, 0.3) is 11.5 Å². The first kappa shape index (κ1) is 21.0. The number of nitrogens with zero attached hydrogens (tertiary/aromatic N) is 3. The van der Waals surface area contributed by atoms with Crippen LogP contribution in [0.4, 0.5) is 0 Å². The second-order valence-corrected chi connectivity index (χ2v) is 8.43. The van der Waals surface area contributed by atoms with Gasteiger partial charge in [-0.2, -0.15) is 0 Å². The number of ether oxygens (including phenoxy) is 2. The summed E-state index contributed by atoms with van der Waals surface area (Å²) in [5.74, 6) is -0.485. The summed E-state index contributed by atoms with van der Waals surface area (Å²) in [4.78, 5) is 48.7. The molecule has 30 heavy (non-hydrogen) atoms. The van der Waals surface area contributed by atoms with Crippen molar-refractivity contribution < 1.29 is 19.1 Å². The number of fused-ring (bicyclic) bond motifs is 1. The van der Waals surface area contributed by atoms with E-state index in [-0.39, 0.29) is 24.1 Å². The number of rotatable bonds is 4. The van der Waals surface area contributed by atoms with Gasteiger partial charge in [-0.15, -0.1) is 0 Å². The Bertz CT molecular complexity index is 837. The number of piperidine rings is 1. The van der Waals surface area contributed by atoms with Crippen LogP contribution in [0.3, 0.4) is 0 Å². The molecular weight excluding hydrogens is 388 g/mol. The van der Waals surface area contributed by atoms with Crippen LogP contribution in [0.25, 0.3) is 0 Å². The van der Waals surface area contributed by atoms with E-state index < -0.39 is 16.9 Å². The van der Waals surface area contributed by atoms with Crippen molar-refractivity contribution in [3.05, 3.63) is 28.4 Å². The van der Waals surface area contributed by atoms with Crippen molar-refractivity contribution >= 4 is 11.9 Å². The van der Waals surface area contributed by atoms with Gasteiger partial charge in [0.05, 0.1) is 25.2 Å². The summed E-state index contributed by atoms with van der Waals surface area (Å²) in [5, 5.41) is 0. The number of nitrogens with one attached hydrogen (secondary N) is 1.